The molecule has 4 saturated carbocycles. The largest absolute Gasteiger partial charge is 0.452 e. The quantitative estimate of drug-likeness (QED) is 0.663. The van der Waals surface area contributed by atoms with Crippen LogP contribution in [0.3, 0.4) is 0 Å². The van der Waals surface area contributed by atoms with E-state index in [1.54, 1.807) is 0 Å². The van der Waals surface area contributed by atoms with Crippen molar-refractivity contribution in [1.82, 2.24) is 10.6 Å². The molecular weight excluding hydrogens is 300 g/mol. The Bertz CT molecular complexity index is 533. The lowest BCUT2D eigenvalue weighted by Gasteiger charge is -2.58. The molecule has 4 aliphatic rings. The van der Waals surface area contributed by atoms with Crippen LogP contribution >= 0.6 is 0 Å². The number of nitrogens with one attached hydrogen (secondary N) is 2. The summed E-state index contributed by atoms with van der Waals surface area (Å²) in [5, 5.41) is 15.0. The molecule has 4 bridgehead atoms. The molecule has 3 N–H and O–H groups in total. The van der Waals surface area contributed by atoms with E-state index in [0.29, 0.717) is 18.3 Å². The minimum absolute atomic E-state index is 0.365. The van der Waals surface area contributed by atoms with Gasteiger partial charge in [-0.05, 0) is 57.3 Å². The Balaban J connectivity index is 1.66. The molecule has 4 aliphatic carbocycles. The molecule has 7 nitrogen and oxygen atoms in total. The first-order valence-corrected chi connectivity index (χ1v) is 8.21. The van der Waals surface area contributed by atoms with Crippen molar-refractivity contribution in [1.29, 1.82) is 0 Å². The Labute approximate surface area is 135 Å². The molecule has 0 saturated heterocycles. The van der Waals surface area contributed by atoms with Crippen molar-refractivity contribution in [3.05, 3.63) is 0 Å². The SMILES string of the molecule is CNC(=O)NC(=O)[C@@H](C)OC(=O)C12C[C@@H]3C[C@@H](CC(O)(C3)C1)C2. The molecule has 0 aromatic heterocycles. The van der Waals surface area contributed by atoms with Gasteiger partial charge in [0.2, 0.25) is 0 Å². The summed E-state index contributed by atoms with van der Waals surface area (Å²) in [5.74, 6) is -0.335. The van der Waals surface area contributed by atoms with Gasteiger partial charge < -0.3 is 15.2 Å². The Morgan fingerprint density at radius 2 is 1.78 bits per heavy atom. The molecule has 0 aromatic carbocycles. The van der Waals surface area contributed by atoms with Crippen LogP contribution in [0.5, 0.6) is 0 Å². The lowest BCUT2D eigenvalue weighted by molar-refractivity contribution is -0.199. The summed E-state index contributed by atoms with van der Waals surface area (Å²) < 4.78 is 5.35. The number of urea groups is 1. The number of hydrogen-bond acceptors (Lipinski definition) is 5. The van der Waals surface area contributed by atoms with Crippen LogP contribution in [0.25, 0.3) is 0 Å². The van der Waals surface area contributed by atoms with Crippen molar-refractivity contribution >= 4 is 17.9 Å². The number of carbonyl (C=O) groups is 3. The van der Waals surface area contributed by atoms with E-state index in [-0.39, 0.29) is 0 Å². The summed E-state index contributed by atoms with van der Waals surface area (Å²) in [6.45, 7) is 1.45. The third-order valence-corrected chi connectivity index (χ3v) is 5.58. The second-order valence-electron chi connectivity index (χ2n) is 7.58. The molecule has 0 heterocycles. The van der Waals surface area contributed by atoms with Gasteiger partial charge >= 0.3 is 12.0 Å². The highest BCUT2D eigenvalue weighted by Gasteiger charge is 2.61. The molecule has 128 valence electrons. The van der Waals surface area contributed by atoms with E-state index in [1.165, 1.54) is 14.0 Å². The van der Waals surface area contributed by atoms with Crippen LogP contribution in [0.1, 0.15) is 45.4 Å². The minimum Gasteiger partial charge on any atom is -0.452 e. The van der Waals surface area contributed by atoms with Gasteiger partial charge in [0.1, 0.15) is 0 Å². The Hall–Kier alpha value is -1.63. The van der Waals surface area contributed by atoms with Crippen molar-refractivity contribution < 1.29 is 24.2 Å². The van der Waals surface area contributed by atoms with Gasteiger partial charge in [0.05, 0.1) is 11.0 Å². The number of hydrogen-bond donors (Lipinski definition) is 3. The van der Waals surface area contributed by atoms with Gasteiger partial charge in [0, 0.05) is 7.05 Å². The normalized spacial score (nSPS) is 38.7. The van der Waals surface area contributed by atoms with Crippen LogP contribution in [0.15, 0.2) is 0 Å². The Morgan fingerprint density at radius 3 is 2.30 bits per heavy atom. The third kappa shape index (κ3) is 2.94. The first-order chi connectivity index (χ1) is 10.8. The Kier molecular flexibility index (Phi) is 3.86. The molecule has 23 heavy (non-hydrogen) atoms. The maximum atomic E-state index is 12.7. The number of aliphatic hydroxyl groups is 1. The number of ether oxygens (including phenoxy) is 1. The fourth-order valence-electron chi connectivity index (χ4n) is 5.07. The highest BCUT2D eigenvalue weighted by atomic mass is 16.5. The molecule has 0 spiro atoms. The molecule has 7 heteroatoms. The zero-order valence-electron chi connectivity index (χ0n) is 13.6. The van der Waals surface area contributed by atoms with Gasteiger partial charge in [0.15, 0.2) is 6.10 Å². The molecule has 2 unspecified atom stereocenters. The average Bonchev–Trinajstić information content (AvgIpc) is 2.44. The second-order valence-corrected chi connectivity index (χ2v) is 7.58. The monoisotopic (exact) mass is 324 g/mol. The van der Waals surface area contributed by atoms with Crippen molar-refractivity contribution in [3.63, 3.8) is 0 Å². The smallest absolute Gasteiger partial charge is 0.321 e. The standard InChI is InChI=1S/C16H24N2O5/c1-9(12(19)18-14(21)17-2)23-13(20)15-4-10-3-11(5-15)7-16(22,6-10)8-15/h9-11,22H,3-8H2,1-2H3,(H2,17,18,19,21)/t9-,10-,11+,15?,16?/m1/s1. The minimum atomic E-state index is -1.04. The molecule has 0 aliphatic heterocycles. The molecule has 5 atom stereocenters. The van der Waals surface area contributed by atoms with Crippen LogP contribution in [-0.2, 0) is 14.3 Å². The lowest BCUT2D eigenvalue weighted by atomic mass is 9.48. The Morgan fingerprint density at radius 1 is 1.17 bits per heavy atom. The van der Waals surface area contributed by atoms with E-state index in [1.807, 2.05) is 0 Å². The number of carbonyl (C=O) groups excluding carboxylic acids is 3. The molecule has 0 aromatic rings. The zero-order chi connectivity index (χ0) is 16.8. The predicted octanol–water partition coefficient (Wildman–Crippen LogP) is 0.705. The summed E-state index contributed by atoms with van der Waals surface area (Å²) >= 11 is 0. The van der Waals surface area contributed by atoms with E-state index in [4.69, 9.17) is 4.74 Å². The van der Waals surface area contributed by atoms with E-state index in [0.717, 1.165) is 32.1 Å². The van der Waals surface area contributed by atoms with E-state index >= 15 is 0 Å². The predicted molar refractivity (Wildman–Crippen MR) is 80.2 cm³/mol. The lowest BCUT2D eigenvalue weighted by Crippen LogP contribution is -2.59. The molecule has 3 amide bonds. The van der Waals surface area contributed by atoms with E-state index in [9.17, 15) is 19.5 Å². The first kappa shape index (κ1) is 16.2. The van der Waals surface area contributed by atoms with Gasteiger partial charge in [-0.1, -0.05) is 0 Å². The third-order valence-electron chi connectivity index (χ3n) is 5.58. The summed E-state index contributed by atoms with van der Waals surface area (Å²) in [6.07, 6.45) is 3.46. The fourth-order valence-corrected chi connectivity index (χ4v) is 5.07. The average molecular weight is 324 g/mol. The summed E-state index contributed by atoms with van der Waals surface area (Å²) in [5.41, 5.74) is -1.42. The fraction of sp³-hybridized carbons (Fsp3) is 0.812. The molecule has 4 rings (SSSR count). The van der Waals surface area contributed by atoms with Gasteiger partial charge in [-0.25, -0.2) is 4.79 Å². The maximum absolute atomic E-state index is 12.7. The van der Waals surface area contributed by atoms with E-state index in [2.05, 4.69) is 10.6 Å². The van der Waals surface area contributed by atoms with Gasteiger partial charge in [-0.15, -0.1) is 0 Å². The van der Waals surface area contributed by atoms with E-state index < -0.39 is 35.0 Å². The van der Waals surface area contributed by atoms with Crippen LogP contribution in [0, 0.1) is 17.3 Å². The highest BCUT2D eigenvalue weighted by molar-refractivity contribution is 5.97. The van der Waals surface area contributed by atoms with Crippen LogP contribution < -0.4 is 10.6 Å². The maximum Gasteiger partial charge on any atom is 0.321 e. The number of esters is 1. The zero-order valence-corrected chi connectivity index (χ0v) is 13.6. The van der Waals surface area contributed by atoms with Gasteiger partial charge in [-0.2, -0.15) is 0 Å². The molecule has 0 radical (unpaired) electrons. The summed E-state index contributed by atoms with van der Waals surface area (Å²) in [7, 11) is 1.40. The molecular formula is C16H24N2O5. The van der Waals surface area contributed by atoms with Gasteiger partial charge in [0.25, 0.3) is 5.91 Å². The summed E-state index contributed by atoms with van der Waals surface area (Å²) in [6, 6.07) is -0.637. The number of rotatable bonds is 3. The topological polar surface area (TPSA) is 105 Å². The summed E-state index contributed by atoms with van der Waals surface area (Å²) in [4.78, 5) is 35.7. The van der Waals surface area contributed by atoms with Crippen molar-refractivity contribution in [2.24, 2.45) is 17.3 Å². The highest BCUT2D eigenvalue weighted by Crippen LogP contribution is 2.62. The van der Waals surface area contributed by atoms with Crippen molar-refractivity contribution in [3.8, 4) is 0 Å². The van der Waals surface area contributed by atoms with Gasteiger partial charge in [-0.3, -0.25) is 14.9 Å². The van der Waals surface area contributed by atoms with Crippen LogP contribution in [0.4, 0.5) is 4.79 Å². The van der Waals surface area contributed by atoms with Crippen LogP contribution in [0.2, 0.25) is 0 Å². The number of amides is 3. The van der Waals surface area contributed by atoms with Crippen LogP contribution in [-0.4, -0.2) is 41.8 Å². The number of imide groups is 1. The van der Waals surface area contributed by atoms with Crippen molar-refractivity contribution in [2.45, 2.75) is 57.2 Å². The second kappa shape index (κ2) is 5.47. The van der Waals surface area contributed by atoms with Crippen molar-refractivity contribution in [2.75, 3.05) is 7.05 Å². The first-order valence-electron chi connectivity index (χ1n) is 8.21. The molecule has 4 fully saturated rings.